The molecule has 150 valence electrons. The zero-order valence-electron chi connectivity index (χ0n) is 16.0. The minimum Gasteiger partial charge on any atom is -0.495 e. The summed E-state index contributed by atoms with van der Waals surface area (Å²) < 4.78 is 5.31. The fourth-order valence-electron chi connectivity index (χ4n) is 3.00. The van der Waals surface area contributed by atoms with Crippen molar-refractivity contribution in [3.05, 3.63) is 59.0 Å². The maximum atomic E-state index is 13.3. The van der Waals surface area contributed by atoms with Crippen LogP contribution in [0.4, 0.5) is 11.4 Å². The summed E-state index contributed by atoms with van der Waals surface area (Å²) in [4.78, 5) is 39.0. The number of anilines is 2. The number of rotatable bonds is 7. The van der Waals surface area contributed by atoms with Gasteiger partial charge in [0.1, 0.15) is 5.75 Å². The molecule has 3 amide bonds. The molecule has 0 saturated carbocycles. The molecule has 0 spiro atoms. The lowest BCUT2D eigenvalue weighted by molar-refractivity contribution is -0.120. The first-order valence-corrected chi connectivity index (χ1v) is 9.84. The first kappa shape index (κ1) is 20.6. The monoisotopic (exact) mass is 412 g/mol. The predicted octanol–water partition coefficient (Wildman–Crippen LogP) is 2.66. The van der Waals surface area contributed by atoms with Gasteiger partial charge in [-0.3, -0.25) is 14.4 Å². The molecule has 1 aliphatic rings. The number of methoxy groups -OCH3 is 1. The van der Waals surface area contributed by atoms with Gasteiger partial charge in [-0.1, -0.05) is 24.3 Å². The molecule has 0 radical (unpaired) electrons. The number of nitrogens with one attached hydrogen (secondary N) is 1. The van der Waals surface area contributed by atoms with Crippen LogP contribution in [-0.4, -0.2) is 42.3 Å². The second-order valence-electron chi connectivity index (χ2n) is 6.15. The van der Waals surface area contributed by atoms with Crippen molar-refractivity contribution in [1.29, 1.82) is 0 Å². The summed E-state index contributed by atoms with van der Waals surface area (Å²) in [5.74, 6) is -0.443. The quantitative estimate of drug-likeness (QED) is 0.679. The minimum atomic E-state index is -0.466. The normalized spacial score (nSPS) is 13.8. The lowest BCUT2D eigenvalue weighted by Gasteiger charge is -2.18. The summed E-state index contributed by atoms with van der Waals surface area (Å²) in [5.41, 5.74) is 1.76. The molecule has 2 N–H and O–H groups in total. The van der Waals surface area contributed by atoms with Crippen molar-refractivity contribution in [2.45, 2.75) is 6.92 Å². The number of carbonyl (C=O) groups excluding carboxylic acids is 3. The first-order valence-electron chi connectivity index (χ1n) is 8.85. The molecule has 1 aliphatic heterocycles. The van der Waals surface area contributed by atoms with E-state index in [2.05, 4.69) is 5.32 Å². The Morgan fingerprint density at radius 1 is 1.10 bits per heavy atom. The molecule has 0 atom stereocenters. The highest BCUT2D eigenvalue weighted by atomic mass is 32.2. The number of benzene rings is 2. The molecule has 0 bridgehead atoms. The Balaban J connectivity index is 2.04. The molecule has 0 saturated heterocycles. The Morgan fingerprint density at radius 2 is 1.79 bits per heavy atom. The third-order valence-electron chi connectivity index (χ3n) is 4.20. The average Bonchev–Trinajstić information content (AvgIpc) is 2.96. The molecule has 2 aromatic carbocycles. The van der Waals surface area contributed by atoms with Gasteiger partial charge >= 0.3 is 0 Å². The Hall–Kier alpha value is -3.10. The van der Waals surface area contributed by atoms with Crippen LogP contribution in [0.3, 0.4) is 0 Å². The minimum absolute atomic E-state index is 0.126. The van der Waals surface area contributed by atoms with Crippen LogP contribution in [0.25, 0.3) is 5.57 Å². The number of nitrogens with zero attached hydrogens (tertiary/aromatic N) is 1. The number of para-hydroxylation sites is 2. The van der Waals surface area contributed by atoms with Crippen LogP contribution in [0.1, 0.15) is 12.5 Å². The molecule has 2 aromatic rings. The summed E-state index contributed by atoms with van der Waals surface area (Å²) in [6.07, 6.45) is 0. The largest absolute Gasteiger partial charge is 0.495 e. The fraction of sp³-hybridized carbons (Fsp3) is 0.190. The van der Waals surface area contributed by atoms with Crippen LogP contribution in [0.2, 0.25) is 0 Å². The topological polar surface area (TPSA) is 95.9 Å². The van der Waals surface area contributed by atoms with E-state index in [9.17, 15) is 19.5 Å². The van der Waals surface area contributed by atoms with Crippen LogP contribution in [0, 0.1) is 0 Å². The number of aliphatic hydroxyl groups excluding tert-OH is 1. The van der Waals surface area contributed by atoms with Crippen molar-refractivity contribution in [1.82, 2.24) is 0 Å². The second kappa shape index (κ2) is 8.93. The summed E-state index contributed by atoms with van der Waals surface area (Å²) in [6.45, 7) is 1.28. The Bertz CT molecular complexity index is 985. The summed E-state index contributed by atoms with van der Waals surface area (Å²) >= 11 is 1.13. The standard InChI is InChI=1S/C21H20N2O5S/c1-13(25)22-15-9-7-14(8-10-15)18-19(29-12-11-24)21(27)23(20(18)26)16-5-3-4-6-17(16)28-2/h3-10,24H,11-12H2,1-2H3,(H,22,25). The van der Waals surface area contributed by atoms with E-state index in [0.717, 1.165) is 16.7 Å². The van der Waals surface area contributed by atoms with E-state index < -0.39 is 11.8 Å². The van der Waals surface area contributed by atoms with Crippen molar-refractivity contribution in [2.75, 3.05) is 29.7 Å². The highest BCUT2D eigenvalue weighted by Gasteiger charge is 2.41. The maximum absolute atomic E-state index is 13.3. The zero-order chi connectivity index (χ0) is 21.0. The number of hydrogen-bond donors (Lipinski definition) is 2. The smallest absolute Gasteiger partial charge is 0.272 e. The molecule has 7 nitrogen and oxygen atoms in total. The zero-order valence-corrected chi connectivity index (χ0v) is 16.8. The Kier molecular flexibility index (Phi) is 6.36. The summed E-state index contributed by atoms with van der Waals surface area (Å²) in [5, 5.41) is 11.9. The Morgan fingerprint density at radius 3 is 2.41 bits per heavy atom. The summed E-state index contributed by atoms with van der Waals surface area (Å²) in [6, 6.07) is 13.5. The number of carbonyl (C=O) groups is 3. The second-order valence-corrected chi connectivity index (χ2v) is 7.26. The van der Waals surface area contributed by atoms with E-state index >= 15 is 0 Å². The molecule has 0 aliphatic carbocycles. The molecular weight excluding hydrogens is 392 g/mol. The van der Waals surface area contributed by atoms with Gasteiger partial charge in [-0.25, -0.2) is 4.90 Å². The van der Waals surface area contributed by atoms with Crippen molar-refractivity contribution in [3.8, 4) is 5.75 Å². The molecule has 0 unspecified atom stereocenters. The first-order chi connectivity index (χ1) is 14.0. The SMILES string of the molecule is COc1ccccc1N1C(=O)C(SCCO)=C(c2ccc(NC(C)=O)cc2)C1=O. The van der Waals surface area contributed by atoms with Gasteiger partial charge in [-0.2, -0.15) is 0 Å². The number of amides is 3. The van der Waals surface area contributed by atoms with E-state index in [4.69, 9.17) is 4.74 Å². The molecule has 8 heteroatoms. The highest BCUT2D eigenvalue weighted by molar-refractivity contribution is 8.04. The highest BCUT2D eigenvalue weighted by Crippen LogP contribution is 2.41. The van der Waals surface area contributed by atoms with E-state index in [0.29, 0.717) is 22.7 Å². The van der Waals surface area contributed by atoms with Crippen LogP contribution in [0.5, 0.6) is 5.75 Å². The van der Waals surface area contributed by atoms with Gasteiger partial charge < -0.3 is 15.2 Å². The van der Waals surface area contributed by atoms with Gasteiger partial charge in [0.05, 0.1) is 29.9 Å². The summed E-state index contributed by atoms with van der Waals surface area (Å²) in [7, 11) is 1.47. The molecule has 1 heterocycles. The molecular formula is C21H20N2O5S. The predicted molar refractivity (Wildman–Crippen MR) is 113 cm³/mol. The Labute approximate surface area is 172 Å². The maximum Gasteiger partial charge on any atom is 0.272 e. The van der Waals surface area contributed by atoms with Gasteiger partial charge in [0.15, 0.2) is 0 Å². The molecule has 3 rings (SSSR count). The van der Waals surface area contributed by atoms with Crippen molar-refractivity contribution in [3.63, 3.8) is 0 Å². The number of imide groups is 1. The van der Waals surface area contributed by atoms with Crippen LogP contribution in [0.15, 0.2) is 53.4 Å². The van der Waals surface area contributed by atoms with Crippen LogP contribution >= 0.6 is 11.8 Å². The van der Waals surface area contributed by atoms with Crippen molar-refractivity contribution < 1.29 is 24.2 Å². The van der Waals surface area contributed by atoms with Gasteiger partial charge in [0.2, 0.25) is 5.91 Å². The van der Waals surface area contributed by atoms with E-state index in [1.54, 1.807) is 48.5 Å². The number of hydrogen-bond acceptors (Lipinski definition) is 6. The van der Waals surface area contributed by atoms with Crippen molar-refractivity contribution in [2.24, 2.45) is 0 Å². The molecule has 0 aromatic heterocycles. The average molecular weight is 412 g/mol. The van der Waals surface area contributed by atoms with Crippen LogP contribution < -0.4 is 15.0 Å². The number of thioether (sulfide) groups is 1. The molecule has 0 fully saturated rings. The number of aliphatic hydroxyl groups is 1. The van der Waals surface area contributed by atoms with Crippen molar-refractivity contribution >= 4 is 46.4 Å². The van der Waals surface area contributed by atoms with Gasteiger partial charge in [-0.05, 0) is 29.8 Å². The van der Waals surface area contributed by atoms with E-state index in [1.807, 2.05) is 0 Å². The van der Waals surface area contributed by atoms with Gasteiger partial charge in [-0.15, -0.1) is 11.8 Å². The van der Waals surface area contributed by atoms with Gasteiger partial charge in [0, 0.05) is 18.4 Å². The molecule has 29 heavy (non-hydrogen) atoms. The van der Waals surface area contributed by atoms with E-state index in [1.165, 1.54) is 14.0 Å². The third-order valence-corrected chi connectivity index (χ3v) is 5.25. The lowest BCUT2D eigenvalue weighted by Crippen LogP contribution is -2.31. The third kappa shape index (κ3) is 4.18. The lowest BCUT2D eigenvalue weighted by atomic mass is 10.1. The van der Waals surface area contributed by atoms with Gasteiger partial charge in [0.25, 0.3) is 11.8 Å². The number of ether oxygens (including phenoxy) is 1. The van der Waals surface area contributed by atoms with E-state index in [-0.39, 0.29) is 28.7 Å². The van der Waals surface area contributed by atoms with Crippen LogP contribution in [-0.2, 0) is 14.4 Å². The fourth-order valence-corrected chi connectivity index (χ4v) is 3.86.